The molecule has 164 valence electrons. The highest BCUT2D eigenvalue weighted by Crippen LogP contribution is 2.28. The Morgan fingerprint density at radius 1 is 1.39 bits per heavy atom. The maximum absolute atomic E-state index is 12.1. The fourth-order valence-corrected chi connectivity index (χ4v) is 4.77. The molecule has 0 unspecified atom stereocenters. The van der Waals surface area contributed by atoms with E-state index in [9.17, 15) is 18.3 Å². The van der Waals surface area contributed by atoms with Gasteiger partial charge in [0, 0.05) is 18.2 Å². The molecule has 1 saturated heterocycles. The Kier molecular flexibility index (Phi) is 6.70. The number of carbonyl (C=O) groups excluding carboxylic acids is 1. The number of ether oxygens (including phenoxy) is 1. The SMILES string of the molecule is C[C@@](CCc1nc2ccc(C#CC#CC3(CO)COC3)cc2s1)(C(=O)NO)S(C)(=O)=O. The molecule has 1 amide bonds. The Morgan fingerprint density at radius 3 is 2.71 bits per heavy atom. The topological polar surface area (TPSA) is 126 Å². The van der Waals surface area contributed by atoms with Gasteiger partial charge in [-0.1, -0.05) is 11.8 Å². The van der Waals surface area contributed by atoms with Gasteiger partial charge in [-0.05, 0) is 43.4 Å². The van der Waals surface area contributed by atoms with Crippen LogP contribution in [-0.4, -0.2) is 60.4 Å². The van der Waals surface area contributed by atoms with Crippen molar-refractivity contribution in [1.82, 2.24) is 10.5 Å². The number of aromatic nitrogens is 1. The first kappa shape index (κ1) is 23.2. The largest absolute Gasteiger partial charge is 0.395 e. The number of nitrogens with zero attached hydrogens (tertiary/aromatic N) is 1. The molecule has 3 rings (SSSR count). The standard InChI is InChI=1S/C21H22N2O6S2/c1-20(19(25)23-26,31(2,27)28)10-8-18-22-16-7-6-15(11-17(16)30-18)5-3-4-9-21(12-24)13-29-14-21/h6-7,11,24,26H,8,10,12-14H2,1-2H3,(H,23,25)/t20-/m1/s1. The molecule has 2 aromatic rings. The first-order valence-electron chi connectivity index (χ1n) is 9.38. The number of hydrogen-bond donors (Lipinski definition) is 3. The second-order valence-electron chi connectivity index (χ2n) is 7.67. The first-order chi connectivity index (χ1) is 14.6. The van der Waals surface area contributed by atoms with Gasteiger partial charge >= 0.3 is 0 Å². The van der Waals surface area contributed by atoms with Gasteiger partial charge in [-0.15, -0.1) is 11.3 Å². The van der Waals surface area contributed by atoms with Gasteiger partial charge in [-0.25, -0.2) is 18.9 Å². The summed E-state index contributed by atoms with van der Waals surface area (Å²) in [4.78, 5) is 16.4. The number of aryl methyl sites for hydroxylation is 1. The summed E-state index contributed by atoms with van der Waals surface area (Å²) in [5, 5.41) is 19.0. The monoisotopic (exact) mass is 462 g/mol. The zero-order chi connectivity index (χ0) is 22.7. The molecule has 31 heavy (non-hydrogen) atoms. The van der Waals surface area contributed by atoms with Crippen molar-refractivity contribution in [3.05, 3.63) is 28.8 Å². The van der Waals surface area contributed by atoms with E-state index in [0.29, 0.717) is 18.2 Å². The van der Waals surface area contributed by atoms with E-state index in [-0.39, 0.29) is 19.4 Å². The maximum Gasteiger partial charge on any atom is 0.264 e. The average Bonchev–Trinajstić information content (AvgIpc) is 3.11. The molecular formula is C21H22N2O6S2. The third kappa shape index (κ3) is 4.90. The highest BCUT2D eigenvalue weighted by atomic mass is 32.2. The molecule has 3 N–H and O–H groups in total. The van der Waals surface area contributed by atoms with E-state index < -0.39 is 25.9 Å². The molecule has 10 heteroatoms. The van der Waals surface area contributed by atoms with Crippen LogP contribution < -0.4 is 5.48 Å². The number of nitrogens with one attached hydrogen (secondary N) is 1. The minimum Gasteiger partial charge on any atom is -0.395 e. The Labute approximate surface area is 184 Å². The first-order valence-corrected chi connectivity index (χ1v) is 12.1. The number of aliphatic hydroxyl groups excluding tert-OH is 1. The van der Waals surface area contributed by atoms with Crippen LogP contribution in [0.2, 0.25) is 0 Å². The predicted octanol–water partition coefficient (Wildman–Crippen LogP) is 0.901. The molecule has 1 aromatic carbocycles. The number of benzene rings is 1. The van der Waals surface area contributed by atoms with Crippen LogP contribution in [-0.2, 0) is 25.8 Å². The smallest absolute Gasteiger partial charge is 0.264 e. The molecule has 1 aliphatic heterocycles. The number of thiazole rings is 1. The Hall–Kier alpha value is -2.47. The van der Waals surface area contributed by atoms with Crippen molar-refractivity contribution >= 4 is 37.3 Å². The zero-order valence-corrected chi connectivity index (χ0v) is 18.7. The van der Waals surface area contributed by atoms with Crippen molar-refractivity contribution in [2.75, 3.05) is 26.1 Å². The third-order valence-electron chi connectivity index (χ3n) is 5.31. The van der Waals surface area contributed by atoms with E-state index in [2.05, 4.69) is 28.7 Å². The third-order valence-corrected chi connectivity index (χ3v) is 8.41. The summed E-state index contributed by atoms with van der Waals surface area (Å²) in [5.74, 6) is 10.5. The van der Waals surface area contributed by atoms with Gasteiger partial charge in [0.1, 0.15) is 10.2 Å². The van der Waals surface area contributed by atoms with E-state index in [1.54, 1.807) is 0 Å². The lowest BCUT2D eigenvalue weighted by molar-refractivity contribution is -0.131. The second kappa shape index (κ2) is 8.95. The van der Waals surface area contributed by atoms with Crippen LogP contribution in [0.4, 0.5) is 0 Å². The number of fused-ring (bicyclic) bond motifs is 1. The molecule has 0 radical (unpaired) electrons. The van der Waals surface area contributed by atoms with E-state index in [1.165, 1.54) is 23.7 Å². The van der Waals surface area contributed by atoms with Crippen molar-refractivity contribution in [2.45, 2.75) is 24.5 Å². The Balaban J connectivity index is 1.75. The summed E-state index contributed by atoms with van der Waals surface area (Å²) in [7, 11) is -3.76. The summed E-state index contributed by atoms with van der Waals surface area (Å²) in [6, 6.07) is 5.50. The van der Waals surface area contributed by atoms with E-state index in [4.69, 9.17) is 9.94 Å². The summed E-state index contributed by atoms with van der Waals surface area (Å²) in [5.41, 5.74) is 2.44. The van der Waals surface area contributed by atoms with Crippen LogP contribution >= 0.6 is 11.3 Å². The van der Waals surface area contributed by atoms with Crippen LogP contribution in [0.5, 0.6) is 0 Å². The van der Waals surface area contributed by atoms with Crippen molar-refractivity contribution < 1.29 is 28.3 Å². The highest BCUT2D eigenvalue weighted by Gasteiger charge is 2.43. The molecule has 2 heterocycles. The van der Waals surface area contributed by atoms with Crippen molar-refractivity contribution in [1.29, 1.82) is 0 Å². The highest BCUT2D eigenvalue weighted by molar-refractivity contribution is 7.92. The quantitative estimate of drug-likeness (QED) is 0.331. The molecule has 1 aromatic heterocycles. The number of sulfone groups is 1. The Morgan fingerprint density at radius 2 is 2.13 bits per heavy atom. The predicted molar refractivity (Wildman–Crippen MR) is 116 cm³/mol. The van der Waals surface area contributed by atoms with E-state index >= 15 is 0 Å². The number of hydroxylamine groups is 1. The van der Waals surface area contributed by atoms with Crippen molar-refractivity contribution in [3.8, 4) is 23.7 Å². The summed E-state index contributed by atoms with van der Waals surface area (Å²) in [6.45, 7) is 2.04. The van der Waals surface area contributed by atoms with Gasteiger partial charge in [0.25, 0.3) is 5.91 Å². The van der Waals surface area contributed by atoms with E-state index in [1.807, 2.05) is 18.2 Å². The van der Waals surface area contributed by atoms with Gasteiger partial charge in [0.2, 0.25) is 0 Å². The van der Waals surface area contributed by atoms with Gasteiger partial charge in [0.15, 0.2) is 9.84 Å². The van der Waals surface area contributed by atoms with Gasteiger partial charge in [-0.3, -0.25) is 10.0 Å². The molecule has 1 atom stereocenters. The number of hydrogen-bond acceptors (Lipinski definition) is 8. The minimum absolute atomic E-state index is 0.0172. The van der Waals surface area contributed by atoms with Crippen LogP contribution in [0, 0.1) is 29.1 Å². The van der Waals surface area contributed by atoms with Crippen LogP contribution in [0.25, 0.3) is 10.2 Å². The lowest BCUT2D eigenvalue weighted by Crippen LogP contribution is -2.49. The van der Waals surface area contributed by atoms with Crippen molar-refractivity contribution in [2.24, 2.45) is 5.41 Å². The Bertz CT molecular complexity index is 1220. The fourth-order valence-electron chi connectivity index (χ4n) is 2.91. The summed E-state index contributed by atoms with van der Waals surface area (Å²) in [6.07, 6.45) is 1.21. The fraction of sp³-hybridized carbons (Fsp3) is 0.429. The van der Waals surface area contributed by atoms with Gasteiger partial charge < -0.3 is 9.84 Å². The van der Waals surface area contributed by atoms with Crippen LogP contribution in [0.3, 0.4) is 0 Å². The lowest BCUT2D eigenvalue weighted by Gasteiger charge is -2.34. The average molecular weight is 463 g/mol. The van der Waals surface area contributed by atoms with Crippen LogP contribution in [0.1, 0.15) is 23.9 Å². The second-order valence-corrected chi connectivity index (χ2v) is 11.2. The molecule has 0 saturated carbocycles. The normalized spacial score (nSPS) is 16.8. The number of amides is 1. The van der Waals surface area contributed by atoms with Crippen LogP contribution in [0.15, 0.2) is 18.2 Å². The molecular weight excluding hydrogens is 440 g/mol. The number of carbonyl (C=O) groups is 1. The van der Waals surface area contributed by atoms with Gasteiger partial charge in [-0.2, -0.15) is 0 Å². The molecule has 0 bridgehead atoms. The number of aliphatic hydroxyl groups is 1. The summed E-state index contributed by atoms with van der Waals surface area (Å²) >= 11 is 1.39. The zero-order valence-electron chi connectivity index (χ0n) is 17.1. The molecule has 0 aliphatic carbocycles. The minimum atomic E-state index is -3.76. The summed E-state index contributed by atoms with van der Waals surface area (Å²) < 4.78 is 28.4. The maximum atomic E-state index is 12.1. The number of rotatable bonds is 6. The molecule has 0 spiro atoms. The molecule has 1 fully saturated rings. The van der Waals surface area contributed by atoms with Crippen molar-refractivity contribution in [3.63, 3.8) is 0 Å². The molecule has 8 nitrogen and oxygen atoms in total. The van der Waals surface area contributed by atoms with Gasteiger partial charge in [0.05, 0.1) is 35.0 Å². The lowest BCUT2D eigenvalue weighted by atomic mass is 9.88. The van der Waals surface area contributed by atoms with E-state index in [0.717, 1.165) is 22.0 Å². The molecule has 1 aliphatic rings.